The zero-order valence-electron chi connectivity index (χ0n) is 17.6. The number of urea groups is 1. The fourth-order valence-corrected chi connectivity index (χ4v) is 7.06. The molecule has 6 amide bonds. The van der Waals surface area contributed by atoms with Crippen LogP contribution in [0.1, 0.15) is 24.3 Å². The van der Waals surface area contributed by atoms with E-state index in [-0.39, 0.29) is 18.4 Å². The summed E-state index contributed by atoms with van der Waals surface area (Å²) in [5.41, 5.74) is 5.84. The van der Waals surface area contributed by atoms with Crippen LogP contribution in [0.3, 0.4) is 0 Å². The summed E-state index contributed by atoms with van der Waals surface area (Å²) in [6.07, 6.45) is 1.42. The molecule has 34 heavy (non-hydrogen) atoms. The van der Waals surface area contributed by atoms with Gasteiger partial charge in [-0.3, -0.25) is 24.1 Å². The second kappa shape index (κ2) is 7.02. The Hall–Kier alpha value is -2.98. The molecule has 12 heteroatoms. The summed E-state index contributed by atoms with van der Waals surface area (Å²) < 4.78 is 14.4. The summed E-state index contributed by atoms with van der Waals surface area (Å²) in [5, 5.41) is 9.67. The highest BCUT2D eigenvalue weighted by molar-refractivity contribution is 6.53. The quantitative estimate of drug-likeness (QED) is 0.335. The maximum absolute atomic E-state index is 14.4. The van der Waals surface area contributed by atoms with Crippen LogP contribution in [0, 0.1) is 23.6 Å². The number of imide groups is 4. The van der Waals surface area contributed by atoms with Crippen LogP contribution < -0.4 is 5.73 Å². The van der Waals surface area contributed by atoms with Gasteiger partial charge in [0, 0.05) is 13.0 Å². The van der Waals surface area contributed by atoms with E-state index in [2.05, 4.69) is 0 Å². The number of allylic oxidation sites excluding steroid dienone is 2. The molecule has 178 valence electrons. The lowest BCUT2D eigenvalue weighted by atomic mass is 9.56. The number of likely N-dealkylation sites (tertiary alicyclic amines) is 2. The average Bonchev–Trinajstić information content (AvgIpc) is 3.11. The maximum Gasteiger partial charge on any atom is 0.328 e. The molecule has 3 N–H and O–H groups in total. The van der Waals surface area contributed by atoms with E-state index < -0.39 is 74.6 Å². The minimum absolute atomic E-state index is 0.0438. The third kappa shape index (κ3) is 2.52. The van der Waals surface area contributed by atoms with Crippen molar-refractivity contribution in [2.75, 3.05) is 7.05 Å². The average molecular weight is 510 g/mol. The van der Waals surface area contributed by atoms with E-state index in [4.69, 9.17) is 28.9 Å². The number of hydrogen-bond donors (Lipinski definition) is 2. The van der Waals surface area contributed by atoms with E-state index in [1.54, 1.807) is 6.08 Å². The third-order valence-corrected chi connectivity index (χ3v) is 8.95. The van der Waals surface area contributed by atoms with Crippen molar-refractivity contribution in [1.82, 2.24) is 9.80 Å². The largest absolute Gasteiger partial charge is 0.505 e. The highest BCUT2D eigenvalue weighted by atomic mass is 35.5. The molecule has 2 heterocycles. The van der Waals surface area contributed by atoms with Crippen molar-refractivity contribution >= 4 is 52.9 Å². The van der Waals surface area contributed by atoms with Crippen LogP contribution >= 0.6 is 23.2 Å². The van der Waals surface area contributed by atoms with Crippen molar-refractivity contribution in [3.05, 3.63) is 41.2 Å². The molecule has 0 spiro atoms. The fourth-order valence-electron chi connectivity index (χ4n) is 6.04. The number of carbonyl (C=O) groups is 5. The molecule has 3 fully saturated rings. The van der Waals surface area contributed by atoms with Gasteiger partial charge in [0.2, 0.25) is 11.8 Å². The number of rotatable bonds is 1. The maximum atomic E-state index is 14.4. The van der Waals surface area contributed by atoms with Gasteiger partial charge in [0.1, 0.15) is 0 Å². The van der Waals surface area contributed by atoms with Crippen LogP contribution in [0.15, 0.2) is 29.8 Å². The molecule has 5 rings (SSSR count). The predicted molar refractivity (Wildman–Crippen MR) is 115 cm³/mol. The van der Waals surface area contributed by atoms with Gasteiger partial charge in [0.25, 0.3) is 11.8 Å². The summed E-state index contributed by atoms with van der Waals surface area (Å²) in [6.45, 7) is 0. The van der Waals surface area contributed by atoms with Gasteiger partial charge in [-0.2, -0.15) is 4.90 Å². The van der Waals surface area contributed by atoms with E-state index in [1.807, 2.05) is 0 Å². The van der Waals surface area contributed by atoms with Crippen molar-refractivity contribution in [2.45, 2.75) is 28.5 Å². The predicted octanol–water partition coefficient (Wildman–Crippen LogP) is 1.60. The number of halogens is 3. The zero-order chi connectivity index (χ0) is 24.9. The molecule has 2 saturated heterocycles. The van der Waals surface area contributed by atoms with Gasteiger partial charge in [-0.05, 0) is 36.5 Å². The molecule has 1 saturated carbocycles. The van der Waals surface area contributed by atoms with E-state index in [0.717, 1.165) is 17.0 Å². The molecule has 2 aliphatic carbocycles. The lowest BCUT2D eigenvalue weighted by Crippen LogP contribution is -2.60. The van der Waals surface area contributed by atoms with Crippen LogP contribution in [0.5, 0.6) is 5.75 Å². The Morgan fingerprint density at radius 3 is 2.44 bits per heavy atom. The number of aromatic hydroxyl groups is 1. The van der Waals surface area contributed by atoms with E-state index >= 15 is 0 Å². The number of benzene rings is 1. The zero-order valence-corrected chi connectivity index (χ0v) is 19.1. The summed E-state index contributed by atoms with van der Waals surface area (Å²) in [4.78, 5) is 61.2. The number of nitrogens with zero attached hydrogens (tertiary/aromatic N) is 2. The molecule has 0 radical (unpaired) electrons. The molecular weight excluding hydrogens is 492 g/mol. The number of nitrogens with two attached hydrogens (primary N) is 1. The van der Waals surface area contributed by atoms with Gasteiger partial charge in [-0.1, -0.05) is 17.7 Å². The molecule has 0 bridgehead atoms. The van der Waals surface area contributed by atoms with Crippen molar-refractivity contribution in [1.29, 1.82) is 0 Å². The monoisotopic (exact) mass is 509 g/mol. The molecule has 9 nitrogen and oxygen atoms in total. The number of amides is 6. The smallest absolute Gasteiger partial charge is 0.328 e. The first-order valence-electron chi connectivity index (χ1n) is 10.4. The SMILES string of the molecule is CN1C(=O)C2(Cl)CC3C(=CCC4C(=O)N(C(N)=O)C(=O)C43)C(c3ccc(O)c(F)c3)C2(Cl)C1=O. The normalized spacial score (nSPS) is 36.9. The minimum atomic E-state index is -2.06. The molecule has 6 unspecified atom stereocenters. The van der Waals surface area contributed by atoms with Crippen LogP contribution in [0.25, 0.3) is 0 Å². The van der Waals surface area contributed by atoms with Crippen LogP contribution in [0.4, 0.5) is 9.18 Å². The summed E-state index contributed by atoms with van der Waals surface area (Å²) >= 11 is 13.8. The van der Waals surface area contributed by atoms with Gasteiger partial charge in [0.15, 0.2) is 21.3 Å². The Bertz CT molecular complexity index is 1250. The van der Waals surface area contributed by atoms with Crippen LogP contribution in [0.2, 0.25) is 0 Å². The van der Waals surface area contributed by atoms with Gasteiger partial charge >= 0.3 is 6.03 Å². The Balaban J connectivity index is 1.74. The Morgan fingerprint density at radius 2 is 1.82 bits per heavy atom. The standard InChI is InChI=1S/C22H18Cl2FN3O6/c1-27-18(32)21(23)7-11-9(3-4-10-14(11)17(31)28(16(10)30)20(26)34)15(22(21,24)19(27)33)8-2-5-13(29)12(25)6-8/h2-3,5-6,10-11,14-15,29H,4,7H2,1H3,(H2,26,34). The highest BCUT2D eigenvalue weighted by Crippen LogP contribution is 2.65. The molecule has 1 aromatic rings. The van der Waals surface area contributed by atoms with Crippen molar-refractivity contribution in [3.8, 4) is 5.75 Å². The second-order valence-corrected chi connectivity index (χ2v) is 10.3. The Kier molecular flexibility index (Phi) is 4.71. The molecular formula is C22H18Cl2FN3O6. The first-order chi connectivity index (χ1) is 15.9. The van der Waals surface area contributed by atoms with Crippen molar-refractivity contribution in [2.24, 2.45) is 23.5 Å². The third-order valence-electron chi connectivity index (χ3n) is 7.54. The van der Waals surface area contributed by atoms with E-state index in [9.17, 15) is 33.5 Å². The van der Waals surface area contributed by atoms with Gasteiger partial charge in [-0.15, -0.1) is 23.2 Å². The van der Waals surface area contributed by atoms with Crippen LogP contribution in [-0.4, -0.2) is 61.4 Å². The number of primary amides is 1. The van der Waals surface area contributed by atoms with Gasteiger partial charge < -0.3 is 10.8 Å². The number of fused-ring (bicyclic) bond motifs is 4. The Labute approximate surface area is 202 Å². The molecule has 2 aliphatic heterocycles. The highest BCUT2D eigenvalue weighted by Gasteiger charge is 2.76. The molecule has 1 aromatic carbocycles. The topological polar surface area (TPSA) is 138 Å². The van der Waals surface area contributed by atoms with E-state index in [1.165, 1.54) is 13.1 Å². The second-order valence-electron chi connectivity index (χ2n) is 9.06. The molecule has 0 aromatic heterocycles. The van der Waals surface area contributed by atoms with Crippen LogP contribution in [-0.2, 0) is 19.2 Å². The van der Waals surface area contributed by atoms with E-state index in [0.29, 0.717) is 10.5 Å². The van der Waals surface area contributed by atoms with Crippen molar-refractivity contribution < 1.29 is 33.5 Å². The number of phenols is 1. The lowest BCUT2D eigenvalue weighted by Gasteiger charge is -2.50. The number of phenolic OH excluding ortho intramolecular Hbond substituents is 1. The summed E-state index contributed by atoms with van der Waals surface area (Å²) in [5.74, 6) is -8.73. The number of hydrogen-bond acceptors (Lipinski definition) is 6. The van der Waals surface area contributed by atoms with Crippen molar-refractivity contribution in [3.63, 3.8) is 0 Å². The minimum Gasteiger partial charge on any atom is -0.505 e. The first kappa shape index (κ1) is 22.8. The lowest BCUT2D eigenvalue weighted by molar-refractivity contribution is -0.139. The Morgan fingerprint density at radius 1 is 1.15 bits per heavy atom. The summed E-state index contributed by atoms with van der Waals surface area (Å²) in [7, 11) is 1.23. The van der Waals surface area contributed by atoms with Gasteiger partial charge in [0.05, 0.1) is 11.8 Å². The molecule has 6 atom stereocenters. The molecule has 4 aliphatic rings. The number of alkyl halides is 2. The first-order valence-corrected chi connectivity index (χ1v) is 11.2. The number of carbonyl (C=O) groups excluding carboxylic acids is 5. The van der Waals surface area contributed by atoms with Gasteiger partial charge in [-0.25, -0.2) is 9.18 Å². The summed E-state index contributed by atoms with van der Waals surface area (Å²) in [6, 6.07) is 2.22. The fraction of sp³-hybridized carbons (Fsp3) is 0.409.